The highest BCUT2D eigenvalue weighted by molar-refractivity contribution is 7.89. The van der Waals surface area contributed by atoms with E-state index in [9.17, 15) is 13.2 Å². The molecule has 0 unspecified atom stereocenters. The van der Waals surface area contributed by atoms with Crippen LogP contribution in [0.15, 0.2) is 16.3 Å². The molecule has 1 saturated heterocycles. The van der Waals surface area contributed by atoms with Gasteiger partial charge in [-0.2, -0.15) is 4.31 Å². The van der Waals surface area contributed by atoms with E-state index in [0.29, 0.717) is 25.6 Å². The molecule has 0 amide bonds. The third-order valence-electron chi connectivity index (χ3n) is 3.52. The summed E-state index contributed by atoms with van der Waals surface area (Å²) in [5, 5.41) is 1.59. The molecule has 1 aromatic rings. The van der Waals surface area contributed by atoms with Crippen molar-refractivity contribution < 1.29 is 17.9 Å². The lowest BCUT2D eigenvalue weighted by atomic mass is 9.99. The number of nitrogens with two attached hydrogens (primary N) is 1. The number of carbonyl (C=O) groups excluding carboxylic acids is 1. The molecule has 0 aliphatic carbocycles. The largest absolute Gasteiger partial charge is 0.465 e. The number of halogens is 1. The molecule has 1 aliphatic heterocycles. The number of piperidine rings is 1. The van der Waals surface area contributed by atoms with Gasteiger partial charge in [0.1, 0.15) is 9.77 Å². The van der Waals surface area contributed by atoms with Gasteiger partial charge in [0.05, 0.1) is 7.11 Å². The first-order chi connectivity index (χ1) is 9.50. The van der Waals surface area contributed by atoms with E-state index in [1.165, 1.54) is 17.5 Å². The minimum absolute atomic E-state index is 0. The fourth-order valence-electron chi connectivity index (χ4n) is 2.27. The Kier molecular flexibility index (Phi) is 6.61. The Morgan fingerprint density at radius 2 is 2.10 bits per heavy atom. The molecule has 1 fully saturated rings. The Balaban J connectivity index is 0.00000220. The van der Waals surface area contributed by atoms with E-state index < -0.39 is 16.0 Å². The number of esters is 1. The topological polar surface area (TPSA) is 89.7 Å². The lowest BCUT2D eigenvalue weighted by Crippen LogP contribution is -2.40. The number of hydrogen-bond donors (Lipinski definition) is 1. The number of ether oxygens (including phenoxy) is 1. The van der Waals surface area contributed by atoms with Crippen LogP contribution in [-0.4, -0.2) is 45.4 Å². The highest BCUT2D eigenvalue weighted by Crippen LogP contribution is 2.28. The molecule has 2 N–H and O–H groups in total. The molecule has 21 heavy (non-hydrogen) atoms. The van der Waals surface area contributed by atoms with Gasteiger partial charge in [-0.15, -0.1) is 23.7 Å². The molecule has 0 saturated carbocycles. The Bertz CT molecular complexity index is 580. The number of methoxy groups -OCH3 is 1. The summed E-state index contributed by atoms with van der Waals surface area (Å²) < 4.78 is 31.2. The first-order valence-electron chi connectivity index (χ1n) is 6.36. The number of rotatable bonds is 4. The fourth-order valence-corrected chi connectivity index (χ4v) is 5.04. The summed E-state index contributed by atoms with van der Waals surface area (Å²) in [4.78, 5) is 11.8. The number of carbonyl (C=O) groups is 1. The third kappa shape index (κ3) is 3.75. The second kappa shape index (κ2) is 7.55. The first kappa shape index (κ1) is 18.4. The van der Waals surface area contributed by atoms with Gasteiger partial charge in [0.25, 0.3) is 0 Å². The fraction of sp³-hybridized carbons (Fsp3) is 0.583. The van der Waals surface area contributed by atoms with Gasteiger partial charge < -0.3 is 10.5 Å². The Labute approximate surface area is 134 Å². The van der Waals surface area contributed by atoms with Crippen LogP contribution in [0.5, 0.6) is 0 Å². The van der Waals surface area contributed by atoms with E-state index in [4.69, 9.17) is 5.73 Å². The van der Waals surface area contributed by atoms with Crippen LogP contribution in [0.3, 0.4) is 0 Å². The number of nitrogens with zero attached hydrogens (tertiary/aromatic N) is 1. The summed E-state index contributed by atoms with van der Waals surface area (Å²) in [7, 11) is -2.39. The summed E-state index contributed by atoms with van der Waals surface area (Å²) in [5.74, 6) is -0.237. The Hall–Kier alpha value is -0.670. The molecule has 0 atom stereocenters. The molecule has 2 rings (SSSR count). The quantitative estimate of drug-likeness (QED) is 0.823. The van der Waals surface area contributed by atoms with Crippen molar-refractivity contribution >= 4 is 39.7 Å². The maximum absolute atomic E-state index is 12.6. The highest BCUT2D eigenvalue weighted by atomic mass is 35.5. The molecular weight excluding hydrogens is 336 g/mol. The van der Waals surface area contributed by atoms with Crippen molar-refractivity contribution in [3.05, 3.63) is 16.3 Å². The highest BCUT2D eigenvalue weighted by Gasteiger charge is 2.32. The Morgan fingerprint density at radius 3 is 2.62 bits per heavy atom. The first-order valence-corrected chi connectivity index (χ1v) is 8.68. The van der Waals surface area contributed by atoms with Crippen LogP contribution in [0.25, 0.3) is 0 Å². The zero-order valence-electron chi connectivity index (χ0n) is 11.6. The minimum Gasteiger partial charge on any atom is -0.465 e. The van der Waals surface area contributed by atoms with Crippen molar-refractivity contribution in [2.45, 2.75) is 17.7 Å². The Morgan fingerprint density at radius 1 is 1.48 bits per heavy atom. The van der Waals surface area contributed by atoms with Crippen molar-refractivity contribution in [2.75, 3.05) is 26.7 Å². The van der Waals surface area contributed by atoms with Gasteiger partial charge in [0.2, 0.25) is 10.0 Å². The van der Waals surface area contributed by atoms with Crippen molar-refractivity contribution in [2.24, 2.45) is 11.7 Å². The van der Waals surface area contributed by atoms with Crippen LogP contribution in [0.4, 0.5) is 0 Å². The second-order valence-electron chi connectivity index (χ2n) is 4.69. The van der Waals surface area contributed by atoms with Crippen LogP contribution in [-0.2, 0) is 14.8 Å². The standard InChI is InChI=1S/C12H18N2O4S2.ClH/c1-18-12(15)11-10(4-7-19-11)20(16,17)14-5-2-9(8-13)3-6-14;/h4,7,9H,2-3,5-6,8,13H2,1H3;1H. The normalized spacial score (nSPS) is 17.2. The van der Waals surface area contributed by atoms with E-state index in [1.54, 1.807) is 5.38 Å². The number of hydrogen-bond acceptors (Lipinski definition) is 6. The molecule has 1 aliphatic rings. The predicted molar refractivity (Wildman–Crippen MR) is 83.4 cm³/mol. The minimum atomic E-state index is -3.63. The lowest BCUT2D eigenvalue weighted by Gasteiger charge is -2.30. The molecule has 0 bridgehead atoms. The van der Waals surface area contributed by atoms with Crippen LogP contribution in [0.2, 0.25) is 0 Å². The second-order valence-corrected chi connectivity index (χ2v) is 7.51. The monoisotopic (exact) mass is 354 g/mol. The zero-order valence-corrected chi connectivity index (χ0v) is 14.1. The predicted octanol–water partition coefficient (Wildman–Crippen LogP) is 1.32. The van der Waals surface area contributed by atoms with E-state index >= 15 is 0 Å². The van der Waals surface area contributed by atoms with Gasteiger partial charge in [-0.1, -0.05) is 0 Å². The van der Waals surface area contributed by atoms with Crippen LogP contribution in [0.1, 0.15) is 22.5 Å². The smallest absolute Gasteiger partial charge is 0.349 e. The number of sulfonamides is 1. The zero-order chi connectivity index (χ0) is 14.8. The summed E-state index contributed by atoms with van der Waals surface area (Å²) in [5.41, 5.74) is 5.61. The maximum atomic E-state index is 12.6. The van der Waals surface area contributed by atoms with E-state index in [2.05, 4.69) is 4.74 Å². The number of thiophene rings is 1. The van der Waals surface area contributed by atoms with Gasteiger partial charge in [-0.3, -0.25) is 0 Å². The molecule has 120 valence electrons. The van der Waals surface area contributed by atoms with Gasteiger partial charge in [0.15, 0.2) is 0 Å². The molecular formula is C12H19ClN2O4S2. The molecule has 0 radical (unpaired) electrons. The summed E-state index contributed by atoms with van der Waals surface area (Å²) in [6.07, 6.45) is 1.51. The van der Waals surface area contributed by atoms with Crippen molar-refractivity contribution in [1.82, 2.24) is 4.31 Å². The van der Waals surface area contributed by atoms with Gasteiger partial charge in [-0.25, -0.2) is 13.2 Å². The average Bonchev–Trinajstić information content (AvgIpc) is 2.96. The van der Waals surface area contributed by atoms with E-state index in [1.807, 2.05) is 0 Å². The lowest BCUT2D eigenvalue weighted by molar-refractivity contribution is 0.0602. The molecule has 0 aromatic carbocycles. The molecule has 1 aromatic heterocycles. The average molecular weight is 355 g/mol. The van der Waals surface area contributed by atoms with E-state index in [-0.39, 0.29) is 22.2 Å². The molecule has 2 heterocycles. The SMILES string of the molecule is COC(=O)c1sccc1S(=O)(=O)N1CCC(CN)CC1.Cl. The van der Waals surface area contributed by atoms with Gasteiger partial charge in [-0.05, 0) is 36.8 Å². The van der Waals surface area contributed by atoms with Crippen LogP contribution < -0.4 is 5.73 Å². The summed E-state index contributed by atoms with van der Waals surface area (Å²) in [6, 6.07) is 1.46. The molecule has 0 spiro atoms. The molecule has 6 nitrogen and oxygen atoms in total. The third-order valence-corrected chi connectivity index (χ3v) is 6.49. The summed E-state index contributed by atoms with van der Waals surface area (Å²) >= 11 is 1.08. The van der Waals surface area contributed by atoms with Crippen molar-refractivity contribution in [3.63, 3.8) is 0 Å². The van der Waals surface area contributed by atoms with Crippen LogP contribution >= 0.6 is 23.7 Å². The van der Waals surface area contributed by atoms with Crippen LogP contribution in [0, 0.1) is 5.92 Å². The van der Waals surface area contributed by atoms with Gasteiger partial charge >= 0.3 is 5.97 Å². The van der Waals surface area contributed by atoms with Crippen molar-refractivity contribution in [1.29, 1.82) is 0 Å². The summed E-state index contributed by atoms with van der Waals surface area (Å²) in [6.45, 7) is 1.47. The van der Waals surface area contributed by atoms with E-state index in [0.717, 1.165) is 24.2 Å². The molecule has 9 heteroatoms. The van der Waals surface area contributed by atoms with Gasteiger partial charge in [0, 0.05) is 13.1 Å². The van der Waals surface area contributed by atoms with Crippen molar-refractivity contribution in [3.8, 4) is 0 Å². The maximum Gasteiger partial charge on any atom is 0.349 e.